The first-order valence-electron chi connectivity index (χ1n) is 4.37. The fourth-order valence-corrected chi connectivity index (χ4v) is 1.46. The largest absolute Gasteiger partial charge is 0.355 e. The van der Waals surface area contributed by atoms with Crippen molar-refractivity contribution in [2.75, 3.05) is 13.1 Å². The molecule has 12 heavy (non-hydrogen) atoms. The molecule has 1 rings (SSSR count). The lowest BCUT2D eigenvalue weighted by molar-refractivity contribution is -0.125. The van der Waals surface area contributed by atoms with Gasteiger partial charge in [-0.2, -0.15) is 0 Å². The molecule has 2 unspecified atom stereocenters. The van der Waals surface area contributed by atoms with E-state index in [2.05, 4.69) is 24.1 Å². The quantitative estimate of drug-likeness (QED) is 0.595. The summed E-state index contributed by atoms with van der Waals surface area (Å²) in [6.45, 7) is 7.21. The SMILES string of the molecule is C=CCNC1C(=O)NCCC1C. The average molecular weight is 168 g/mol. The highest BCUT2D eigenvalue weighted by molar-refractivity contribution is 5.82. The van der Waals surface area contributed by atoms with E-state index in [1.54, 1.807) is 6.08 Å². The first-order valence-corrected chi connectivity index (χ1v) is 4.37. The molecule has 0 aromatic carbocycles. The number of hydrogen-bond donors (Lipinski definition) is 2. The Hall–Kier alpha value is -0.830. The fourth-order valence-electron chi connectivity index (χ4n) is 1.46. The molecule has 0 aliphatic carbocycles. The van der Waals surface area contributed by atoms with Crippen LogP contribution in [0.5, 0.6) is 0 Å². The molecule has 0 bridgehead atoms. The molecule has 1 heterocycles. The maximum absolute atomic E-state index is 11.3. The van der Waals surface area contributed by atoms with Crippen molar-refractivity contribution in [3.8, 4) is 0 Å². The normalized spacial score (nSPS) is 29.6. The van der Waals surface area contributed by atoms with Gasteiger partial charge in [0.05, 0.1) is 6.04 Å². The van der Waals surface area contributed by atoms with Crippen molar-refractivity contribution >= 4 is 5.91 Å². The van der Waals surface area contributed by atoms with Gasteiger partial charge in [0.1, 0.15) is 0 Å². The van der Waals surface area contributed by atoms with Gasteiger partial charge < -0.3 is 10.6 Å². The van der Waals surface area contributed by atoms with E-state index in [1.165, 1.54) is 0 Å². The molecule has 0 aromatic rings. The molecule has 1 aliphatic rings. The van der Waals surface area contributed by atoms with Crippen molar-refractivity contribution in [3.63, 3.8) is 0 Å². The average Bonchev–Trinajstić information content (AvgIpc) is 2.04. The molecule has 0 aromatic heterocycles. The van der Waals surface area contributed by atoms with Crippen LogP contribution in [-0.4, -0.2) is 25.0 Å². The van der Waals surface area contributed by atoms with E-state index in [0.29, 0.717) is 12.5 Å². The number of rotatable bonds is 3. The number of piperidine rings is 1. The first-order chi connectivity index (χ1) is 5.75. The summed E-state index contributed by atoms with van der Waals surface area (Å²) < 4.78 is 0. The Kier molecular flexibility index (Phi) is 3.29. The number of carbonyl (C=O) groups excluding carboxylic acids is 1. The summed E-state index contributed by atoms with van der Waals surface area (Å²) in [4.78, 5) is 11.3. The molecule has 0 spiro atoms. The molecule has 2 N–H and O–H groups in total. The minimum absolute atomic E-state index is 0.0308. The maximum atomic E-state index is 11.3. The Morgan fingerprint density at radius 1 is 1.83 bits per heavy atom. The Morgan fingerprint density at radius 3 is 3.17 bits per heavy atom. The van der Waals surface area contributed by atoms with Crippen molar-refractivity contribution in [2.24, 2.45) is 5.92 Å². The van der Waals surface area contributed by atoms with Gasteiger partial charge in [-0.15, -0.1) is 6.58 Å². The lowest BCUT2D eigenvalue weighted by atomic mass is 9.94. The molecule has 0 saturated carbocycles. The van der Waals surface area contributed by atoms with Crippen LogP contribution >= 0.6 is 0 Å². The third-order valence-electron chi connectivity index (χ3n) is 2.23. The van der Waals surface area contributed by atoms with Crippen molar-refractivity contribution < 1.29 is 4.79 Å². The first kappa shape index (κ1) is 9.26. The van der Waals surface area contributed by atoms with Gasteiger partial charge in [0, 0.05) is 13.1 Å². The van der Waals surface area contributed by atoms with Crippen LogP contribution in [0.15, 0.2) is 12.7 Å². The maximum Gasteiger partial charge on any atom is 0.237 e. The predicted octanol–water partition coefficient (Wildman–Crippen LogP) is 0.287. The molecule has 1 amide bonds. The lowest BCUT2D eigenvalue weighted by Gasteiger charge is -2.28. The fraction of sp³-hybridized carbons (Fsp3) is 0.667. The number of nitrogens with one attached hydrogen (secondary N) is 2. The zero-order valence-corrected chi connectivity index (χ0v) is 7.47. The highest BCUT2D eigenvalue weighted by Gasteiger charge is 2.27. The van der Waals surface area contributed by atoms with Crippen molar-refractivity contribution in [1.29, 1.82) is 0 Å². The van der Waals surface area contributed by atoms with Crippen LogP contribution in [0.25, 0.3) is 0 Å². The summed E-state index contributed by atoms with van der Waals surface area (Å²) in [5.41, 5.74) is 0. The molecule has 1 aliphatic heterocycles. The molecule has 3 heteroatoms. The molecular formula is C9H16N2O. The van der Waals surface area contributed by atoms with Crippen molar-refractivity contribution in [1.82, 2.24) is 10.6 Å². The van der Waals surface area contributed by atoms with Crippen LogP contribution < -0.4 is 10.6 Å². The van der Waals surface area contributed by atoms with Gasteiger partial charge in [-0.05, 0) is 12.3 Å². The molecule has 2 atom stereocenters. The Bertz CT molecular complexity index is 179. The predicted molar refractivity (Wildman–Crippen MR) is 48.8 cm³/mol. The van der Waals surface area contributed by atoms with Crippen LogP contribution in [0, 0.1) is 5.92 Å². The lowest BCUT2D eigenvalue weighted by Crippen LogP contribution is -2.52. The van der Waals surface area contributed by atoms with Crippen LogP contribution in [0.1, 0.15) is 13.3 Å². The molecule has 68 valence electrons. The van der Waals surface area contributed by atoms with E-state index in [4.69, 9.17) is 0 Å². The summed E-state index contributed by atoms with van der Waals surface area (Å²) in [6, 6.07) is -0.0308. The topological polar surface area (TPSA) is 41.1 Å². The van der Waals surface area contributed by atoms with Gasteiger partial charge in [-0.1, -0.05) is 13.0 Å². The van der Waals surface area contributed by atoms with Gasteiger partial charge in [-0.25, -0.2) is 0 Å². The van der Waals surface area contributed by atoms with E-state index >= 15 is 0 Å². The molecule has 1 saturated heterocycles. The molecular weight excluding hydrogens is 152 g/mol. The van der Waals surface area contributed by atoms with Gasteiger partial charge in [-0.3, -0.25) is 4.79 Å². The highest BCUT2D eigenvalue weighted by atomic mass is 16.2. The molecule has 1 fully saturated rings. The van der Waals surface area contributed by atoms with Gasteiger partial charge in [0.15, 0.2) is 0 Å². The number of carbonyl (C=O) groups is 1. The minimum Gasteiger partial charge on any atom is -0.355 e. The zero-order chi connectivity index (χ0) is 8.97. The molecule has 3 nitrogen and oxygen atoms in total. The smallest absolute Gasteiger partial charge is 0.237 e. The van der Waals surface area contributed by atoms with E-state index in [0.717, 1.165) is 13.0 Å². The summed E-state index contributed by atoms with van der Waals surface area (Å²) >= 11 is 0. The van der Waals surface area contributed by atoms with Crippen LogP contribution in [-0.2, 0) is 4.79 Å². The summed E-state index contributed by atoms with van der Waals surface area (Å²) in [5.74, 6) is 0.550. The van der Waals surface area contributed by atoms with E-state index in [9.17, 15) is 4.79 Å². The van der Waals surface area contributed by atoms with E-state index < -0.39 is 0 Å². The zero-order valence-electron chi connectivity index (χ0n) is 7.47. The second-order valence-electron chi connectivity index (χ2n) is 3.23. The Balaban J connectivity index is 2.45. The van der Waals surface area contributed by atoms with Crippen molar-refractivity contribution in [2.45, 2.75) is 19.4 Å². The highest BCUT2D eigenvalue weighted by Crippen LogP contribution is 2.11. The van der Waals surface area contributed by atoms with Gasteiger partial charge >= 0.3 is 0 Å². The van der Waals surface area contributed by atoms with E-state index in [-0.39, 0.29) is 11.9 Å². The molecule has 0 radical (unpaired) electrons. The van der Waals surface area contributed by atoms with Crippen LogP contribution in [0.4, 0.5) is 0 Å². The minimum atomic E-state index is -0.0308. The second kappa shape index (κ2) is 4.26. The van der Waals surface area contributed by atoms with E-state index in [1.807, 2.05) is 0 Å². The number of hydrogen-bond acceptors (Lipinski definition) is 2. The van der Waals surface area contributed by atoms with Gasteiger partial charge in [0.2, 0.25) is 5.91 Å². The summed E-state index contributed by atoms with van der Waals surface area (Å²) in [6.07, 6.45) is 2.83. The monoisotopic (exact) mass is 168 g/mol. The van der Waals surface area contributed by atoms with Crippen LogP contribution in [0.2, 0.25) is 0 Å². The summed E-state index contributed by atoms with van der Waals surface area (Å²) in [7, 11) is 0. The third kappa shape index (κ3) is 2.08. The Morgan fingerprint density at radius 2 is 2.58 bits per heavy atom. The second-order valence-corrected chi connectivity index (χ2v) is 3.23. The van der Waals surface area contributed by atoms with Crippen molar-refractivity contribution in [3.05, 3.63) is 12.7 Å². The summed E-state index contributed by atoms with van der Waals surface area (Å²) in [5, 5.41) is 5.98. The standard InChI is InChI=1S/C9H16N2O/c1-3-5-10-8-7(2)4-6-11-9(8)12/h3,7-8,10H,1,4-6H2,2H3,(H,11,12). The van der Waals surface area contributed by atoms with Gasteiger partial charge in [0.25, 0.3) is 0 Å². The third-order valence-corrected chi connectivity index (χ3v) is 2.23. The number of amides is 1. The van der Waals surface area contributed by atoms with Crippen LogP contribution in [0.3, 0.4) is 0 Å². The Labute approximate surface area is 73.2 Å².